The summed E-state index contributed by atoms with van der Waals surface area (Å²) in [5.41, 5.74) is 0. The van der Waals surface area contributed by atoms with Crippen molar-refractivity contribution >= 4 is 15.7 Å². The number of nitrogens with one attached hydrogen (secondary N) is 2. The van der Waals surface area contributed by atoms with Crippen LogP contribution in [0.15, 0.2) is 0 Å². The number of hydrogen-bond acceptors (Lipinski definition) is 4. The zero-order valence-corrected chi connectivity index (χ0v) is 13.2. The molecule has 6 heteroatoms. The molecule has 1 saturated carbocycles. The van der Waals surface area contributed by atoms with E-state index in [0.29, 0.717) is 12.0 Å². The SMILES string of the molecule is CCS(=O)(=O)C[C@H](C)NC(=O)[C@@H]1C[C@@H]2CCCC[C@H]2N1. The highest BCUT2D eigenvalue weighted by Gasteiger charge is 2.38. The summed E-state index contributed by atoms with van der Waals surface area (Å²) in [5, 5.41) is 6.25. The van der Waals surface area contributed by atoms with E-state index in [4.69, 9.17) is 0 Å². The number of rotatable bonds is 5. The Kier molecular flexibility index (Phi) is 5.07. The van der Waals surface area contributed by atoms with Crippen molar-refractivity contribution in [1.29, 1.82) is 0 Å². The Hall–Kier alpha value is -0.620. The van der Waals surface area contributed by atoms with Crippen molar-refractivity contribution < 1.29 is 13.2 Å². The minimum Gasteiger partial charge on any atom is -0.351 e. The third-order valence-electron chi connectivity index (χ3n) is 4.51. The lowest BCUT2D eigenvalue weighted by Crippen LogP contribution is -2.47. The molecule has 0 spiro atoms. The van der Waals surface area contributed by atoms with Gasteiger partial charge in [0.25, 0.3) is 0 Å². The van der Waals surface area contributed by atoms with E-state index in [1.54, 1.807) is 13.8 Å². The second-order valence-corrected chi connectivity index (χ2v) is 8.61. The number of amides is 1. The van der Waals surface area contributed by atoms with E-state index < -0.39 is 9.84 Å². The molecule has 2 aliphatic rings. The molecule has 2 rings (SSSR count). The minimum absolute atomic E-state index is 0.0226. The van der Waals surface area contributed by atoms with E-state index in [9.17, 15) is 13.2 Å². The molecule has 1 amide bonds. The minimum atomic E-state index is -3.04. The fourth-order valence-electron chi connectivity index (χ4n) is 3.40. The third kappa shape index (κ3) is 3.95. The van der Waals surface area contributed by atoms with Crippen LogP contribution in [-0.4, -0.2) is 44.0 Å². The zero-order chi connectivity index (χ0) is 14.8. The van der Waals surface area contributed by atoms with Gasteiger partial charge in [-0.25, -0.2) is 8.42 Å². The van der Waals surface area contributed by atoms with Gasteiger partial charge in [0.2, 0.25) is 5.91 Å². The van der Waals surface area contributed by atoms with Crippen LogP contribution in [0.5, 0.6) is 0 Å². The predicted molar refractivity (Wildman–Crippen MR) is 79.2 cm³/mol. The molecule has 0 bridgehead atoms. The van der Waals surface area contributed by atoms with Gasteiger partial charge in [0.05, 0.1) is 11.8 Å². The highest BCUT2D eigenvalue weighted by molar-refractivity contribution is 7.91. The van der Waals surface area contributed by atoms with Crippen LogP contribution in [0.1, 0.15) is 46.0 Å². The average molecular weight is 302 g/mol. The largest absolute Gasteiger partial charge is 0.351 e. The number of sulfone groups is 1. The van der Waals surface area contributed by atoms with Gasteiger partial charge in [-0.15, -0.1) is 0 Å². The van der Waals surface area contributed by atoms with E-state index in [-0.39, 0.29) is 29.5 Å². The number of carbonyl (C=O) groups is 1. The fourth-order valence-corrected chi connectivity index (χ4v) is 4.49. The van der Waals surface area contributed by atoms with Crippen LogP contribution < -0.4 is 10.6 Å². The Bertz CT molecular complexity index is 435. The summed E-state index contributed by atoms with van der Waals surface area (Å²) in [6, 6.07) is 0.0148. The van der Waals surface area contributed by atoms with Gasteiger partial charge >= 0.3 is 0 Å². The molecule has 2 N–H and O–H groups in total. The maximum atomic E-state index is 12.2. The summed E-state index contributed by atoms with van der Waals surface area (Å²) in [4.78, 5) is 12.2. The molecular weight excluding hydrogens is 276 g/mol. The van der Waals surface area contributed by atoms with Gasteiger partial charge in [-0.3, -0.25) is 4.79 Å². The van der Waals surface area contributed by atoms with Crippen molar-refractivity contribution in [3.63, 3.8) is 0 Å². The quantitative estimate of drug-likeness (QED) is 0.789. The molecule has 4 atom stereocenters. The first-order chi connectivity index (χ1) is 9.41. The zero-order valence-electron chi connectivity index (χ0n) is 12.4. The Morgan fingerprint density at radius 2 is 2.05 bits per heavy atom. The van der Waals surface area contributed by atoms with Gasteiger partial charge in [0.15, 0.2) is 9.84 Å². The van der Waals surface area contributed by atoms with Crippen molar-refractivity contribution in [3.8, 4) is 0 Å². The van der Waals surface area contributed by atoms with E-state index >= 15 is 0 Å². The van der Waals surface area contributed by atoms with Gasteiger partial charge < -0.3 is 10.6 Å². The van der Waals surface area contributed by atoms with Gasteiger partial charge in [-0.05, 0) is 32.1 Å². The molecule has 1 heterocycles. The van der Waals surface area contributed by atoms with Crippen molar-refractivity contribution in [2.75, 3.05) is 11.5 Å². The molecule has 1 aliphatic heterocycles. The molecule has 2 fully saturated rings. The molecule has 0 aromatic rings. The molecule has 116 valence electrons. The number of hydrogen-bond donors (Lipinski definition) is 2. The van der Waals surface area contributed by atoms with Crippen LogP contribution in [0.4, 0.5) is 0 Å². The molecule has 0 aromatic heterocycles. The lowest BCUT2D eigenvalue weighted by atomic mass is 9.85. The fraction of sp³-hybridized carbons (Fsp3) is 0.929. The summed E-state index contributed by atoms with van der Waals surface area (Å²) in [6.07, 6.45) is 5.77. The molecule has 20 heavy (non-hydrogen) atoms. The highest BCUT2D eigenvalue weighted by Crippen LogP contribution is 2.33. The Balaban J connectivity index is 1.83. The van der Waals surface area contributed by atoms with Crippen LogP contribution in [0.2, 0.25) is 0 Å². The Morgan fingerprint density at radius 1 is 1.35 bits per heavy atom. The van der Waals surface area contributed by atoms with E-state index in [1.807, 2.05) is 0 Å². The van der Waals surface area contributed by atoms with E-state index in [2.05, 4.69) is 10.6 Å². The summed E-state index contributed by atoms with van der Waals surface area (Å²) in [6.45, 7) is 3.39. The van der Waals surface area contributed by atoms with Crippen molar-refractivity contribution in [1.82, 2.24) is 10.6 Å². The normalized spacial score (nSPS) is 31.6. The Labute approximate surface area is 121 Å². The molecule has 5 nitrogen and oxygen atoms in total. The van der Waals surface area contributed by atoms with Crippen molar-refractivity contribution in [2.24, 2.45) is 5.92 Å². The van der Waals surface area contributed by atoms with Crippen LogP contribution in [0.25, 0.3) is 0 Å². The lowest BCUT2D eigenvalue weighted by molar-refractivity contribution is -0.123. The van der Waals surface area contributed by atoms with Crippen molar-refractivity contribution in [3.05, 3.63) is 0 Å². The molecule has 0 unspecified atom stereocenters. The molecular formula is C14H26N2O3S. The lowest BCUT2D eigenvalue weighted by Gasteiger charge is -2.24. The van der Waals surface area contributed by atoms with Gasteiger partial charge in [-0.2, -0.15) is 0 Å². The topological polar surface area (TPSA) is 75.3 Å². The van der Waals surface area contributed by atoms with Gasteiger partial charge in [-0.1, -0.05) is 19.8 Å². The van der Waals surface area contributed by atoms with Crippen LogP contribution in [-0.2, 0) is 14.6 Å². The number of carbonyl (C=O) groups excluding carboxylic acids is 1. The first kappa shape index (κ1) is 15.8. The molecule has 0 radical (unpaired) electrons. The monoisotopic (exact) mass is 302 g/mol. The summed E-state index contributed by atoms with van der Waals surface area (Å²) >= 11 is 0. The van der Waals surface area contributed by atoms with Gasteiger partial charge in [0, 0.05) is 17.8 Å². The molecule has 1 saturated heterocycles. The first-order valence-corrected chi connectivity index (χ1v) is 9.50. The smallest absolute Gasteiger partial charge is 0.237 e. The summed E-state index contributed by atoms with van der Waals surface area (Å²) < 4.78 is 23.1. The highest BCUT2D eigenvalue weighted by atomic mass is 32.2. The number of fused-ring (bicyclic) bond motifs is 1. The average Bonchev–Trinajstić information content (AvgIpc) is 2.81. The second-order valence-electron chi connectivity index (χ2n) is 6.21. The van der Waals surface area contributed by atoms with Gasteiger partial charge in [0.1, 0.15) is 0 Å². The predicted octanol–water partition coefficient (Wildman–Crippen LogP) is 0.847. The maximum Gasteiger partial charge on any atom is 0.237 e. The molecule has 0 aromatic carbocycles. The second kappa shape index (κ2) is 6.43. The first-order valence-electron chi connectivity index (χ1n) is 7.68. The Morgan fingerprint density at radius 3 is 2.70 bits per heavy atom. The van der Waals surface area contributed by atoms with E-state index in [0.717, 1.165) is 12.8 Å². The standard InChI is InChI=1S/C14H26N2O3S/c1-3-20(18,19)9-10(2)15-14(17)13-8-11-6-4-5-7-12(11)16-13/h10-13,16H,3-9H2,1-2H3,(H,15,17)/t10-,11-,12+,13-/m0/s1. The van der Waals surface area contributed by atoms with Crippen LogP contribution >= 0.6 is 0 Å². The molecule has 1 aliphatic carbocycles. The summed E-state index contributed by atoms with van der Waals surface area (Å²) in [7, 11) is -3.04. The van der Waals surface area contributed by atoms with Crippen LogP contribution in [0.3, 0.4) is 0 Å². The third-order valence-corrected chi connectivity index (χ3v) is 6.40. The van der Waals surface area contributed by atoms with Crippen LogP contribution in [0, 0.1) is 5.92 Å². The summed E-state index contributed by atoms with van der Waals surface area (Å²) in [5.74, 6) is 0.723. The van der Waals surface area contributed by atoms with Crippen molar-refractivity contribution in [2.45, 2.75) is 64.1 Å². The van der Waals surface area contributed by atoms with E-state index in [1.165, 1.54) is 19.3 Å². The maximum absolute atomic E-state index is 12.2.